The van der Waals surface area contributed by atoms with Crippen LogP contribution in [0.5, 0.6) is 0 Å². The molecule has 39 heavy (non-hydrogen) atoms. The third kappa shape index (κ3) is 4.59. The molecule has 1 saturated heterocycles. The van der Waals surface area contributed by atoms with Crippen LogP contribution in [0.3, 0.4) is 0 Å². The predicted octanol–water partition coefficient (Wildman–Crippen LogP) is 6.19. The van der Waals surface area contributed by atoms with Crippen LogP contribution in [0.4, 0.5) is 4.39 Å². The van der Waals surface area contributed by atoms with E-state index in [2.05, 4.69) is 68.7 Å². The molecule has 7 rings (SSSR count). The van der Waals surface area contributed by atoms with Crippen LogP contribution in [0, 0.1) is 12.7 Å². The monoisotopic (exact) mass is 516 g/mol. The van der Waals surface area contributed by atoms with Gasteiger partial charge in [0.05, 0.1) is 23.8 Å². The van der Waals surface area contributed by atoms with Crippen molar-refractivity contribution in [2.24, 2.45) is 5.10 Å². The van der Waals surface area contributed by atoms with Crippen molar-refractivity contribution in [1.29, 1.82) is 0 Å². The number of nitrogens with one attached hydrogen (secondary N) is 2. The topological polar surface area (TPSA) is 69.2 Å². The molecule has 194 valence electrons. The minimum Gasteiger partial charge on any atom is -0.335 e. The zero-order valence-corrected chi connectivity index (χ0v) is 21.8. The smallest absolute Gasteiger partial charge is 0.159 e. The Morgan fingerprint density at radius 2 is 1.69 bits per heavy atom. The second-order valence-corrected chi connectivity index (χ2v) is 10.5. The molecule has 7 heteroatoms. The second-order valence-electron chi connectivity index (χ2n) is 10.5. The number of aromatic amines is 1. The van der Waals surface area contributed by atoms with Gasteiger partial charge >= 0.3 is 0 Å². The van der Waals surface area contributed by atoms with Gasteiger partial charge in [-0.2, -0.15) is 5.10 Å². The van der Waals surface area contributed by atoms with Crippen LogP contribution in [0.15, 0.2) is 78.2 Å². The number of imidazole rings is 1. The molecule has 0 atom stereocenters. The van der Waals surface area contributed by atoms with Crippen LogP contribution in [0.1, 0.15) is 40.9 Å². The van der Waals surface area contributed by atoms with E-state index in [9.17, 15) is 4.39 Å². The standard InChI is InChI=1S/C32H29FN6/c1-20-12-21(19-39-10-2-3-11-39)14-25(13-20)23-4-5-24-16-35-38-31(27(24)15-23)32-36-29-18-34-17-28(30(29)37-32)22-6-8-26(33)9-7-22/h4-9,12-15,17-18,35H,2-3,10-11,16,19H2,1H3,(H,36,37). The summed E-state index contributed by atoms with van der Waals surface area (Å²) in [5.41, 5.74) is 14.5. The number of H-pyrrole nitrogens is 1. The molecule has 0 radical (unpaired) electrons. The third-order valence-corrected chi connectivity index (χ3v) is 7.67. The highest BCUT2D eigenvalue weighted by Crippen LogP contribution is 2.30. The lowest BCUT2D eigenvalue weighted by atomic mass is 9.93. The zero-order chi connectivity index (χ0) is 26.3. The fraction of sp³-hybridized carbons (Fsp3) is 0.219. The van der Waals surface area contributed by atoms with Crippen molar-refractivity contribution in [1.82, 2.24) is 25.3 Å². The summed E-state index contributed by atoms with van der Waals surface area (Å²) in [6.45, 7) is 6.21. The van der Waals surface area contributed by atoms with E-state index in [1.807, 2.05) is 0 Å². The summed E-state index contributed by atoms with van der Waals surface area (Å²) in [6, 6.07) is 19.9. The SMILES string of the molecule is Cc1cc(CN2CCCC2)cc(-c2ccc3c(c2)C(c2nc4c(-c5ccc(F)cc5)cncc4[nH]2)=NNC3)c1. The average molecular weight is 517 g/mol. The van der Waals surface area contributed by atoms with Gasteiger partial charge in [-0.15, -0.1) is 0 Å². The number of nitrogens with zero attached hydrogens (tertiary/aromatic N) is 4. The summed E-state index contributed by atoms with van der Waals surface area (Å²) in [6.07, 6.45) is 6.12. The minimum absolute atomic E-state index is 0.270. The Balaban J connectivity index is 1.27. The molecule has 6 nitrogen and oxygen atoms in total. The molecule has 2 aliphatic heterocycles. The van der Waals surface area contributed by atoms with E-state index in [0.29, 0.717) is 12.4 Å². The van der Waals surface area contributed by atoms with E-state index in [1.54, 1.807) is 24.5 Å². The molecule has 0 spiro atoms. The van der Waals surface area contributed by atoms with E-state index in [1.165, 1.54) is 65.9 Å². The number of hydrazone groups is 1. The molecular weight excluding hydrogens is 487 g/mol. The summed E-state index contributed by atoms with van der Waals surface area (Å²) in [5.74, 6) is 0.402. The van der Waals surface area contributed by atoms with Crippen molar-refractivity contribution in [2.45, 2.75) is 32.9 Å². The Labute approximate surface area is 226 Å². The van der Waals surface area contributed by atoms with Crippen LogP contribution in [0.25, 0.3) is 33.3 Å². The highest BCUT2D eigenvalue weighted by atomic mass is 19.1. The number of benzene rings is 3. The van der Waals surface area contributed by atoms with Gasteiger partial charge in [0, 0.05) is 23.9 Å². The van der Waals surface area contributed by atoms with Gasteiger partial charge in [0.15, 0.2) is 5.82 Å². The Morgan fingerprint density at radius 1 is 0.872 bits per heavy atom. The number of likely N-dealkylation sites (tertiary alicyclic amines) is 1. The molecule has 0 amide bonds. The number of aromatic nitrogens is 3. The Bertz CT molecular complexity index is 1710. The maximum absolute atomic E-state index is 13.5. The third-order valence-electron chi connectivity index (χ3n) is 7.67. The van der Waals surface area contributed by atoms with Crippen LogP contribution >= 0.6 is 0 Å². The van der Waals surface area contributed by atoms with Crippen molar-refractivity contribution in [2.75, 3.05) is 13.1 Å². The summed E-state index contributed by atoms with van der Waals surface area (Å²) in [4.78, 5) is 15.3. The Hall–Kier alpha value is -4.36. The normalized spacial score (nSPS) is 15.3. The lowest BCUT2D eigenvalue weighted by molar-refractivity contribution is 0.331. The molecular formula is C32H29FN6. The molecule has 0 bridgehead atoms. The van der Waals surface area contributed by atoms with Crippen molar-refractivity contribution < 1.29 is 4.39 Å². The largest absolute Gasteiger partial charge is 0.335 e. The highest BCUT2D eigenvalue weighted by Gasteiger charge is 2.21. The number of pyridine rings is 1. The fourth-order valence-corrected chi connectivity index (χ4v) is 5.78. The van der Waals surface area contributed by atoms with Gasteiger partial charge in [-0.25, -0.2) is 9.37 Å². The molecule has 0 unspecified atom stereocenters. The maximum atomic E-state index is 13.5. The van der Waals surface area contributed by atoms with Crippen molar-refractivity contribution in [3.05, 3.63) is 107 Å². The van der Waals surface area contributed by atoms with E-state index in [4.69, 9.17) is 4.98 Å². The molecule has 3 aromatic carbocycles. The van der Waals surface area contributed by atoms with E-state index >= 15 is 0 Å². The first-order valence-corrected chi connectivity index (χ1v) is 13.5. The Kier molecular flexibility index (Phi) is 5.93. The molecule has 2 aromatic heterocycles. The summed E-state index contributed by atoms with van der Waals surface area (Å²) < 4.78 is 13.5. The van der Waals surface area contributed by atoms with E-state index < -0.39 is 0 Å². The number of halogens is 1. The minimum atomic E-state index is -0.270. The van der Waals surface area contributed by atoms with Gasteiger partial charge < -0.3 is 10.4 Å². The van der Waals surface area contributed by atoms with Gasteiger partial charge in [0.25, 0.3) is 0 Å². The Morgan fingerprint density at radius 3 is 2.54 bits per heavy atom. The molecule has 0 aliphatic carbocycles. The van der Waals surface area contributed by atoms with E-state index in [0.717, 1.165) is 40.0 Å². The molecule has 2 aliphatic rings. The van der Waals surface area contributed by atoms with Gasteiger partial charge in [-0.3, -0.25) is 9.88 Å². The number of hydrogen-bond acceptors (Lipinski definition) is 5. The zero-order valence-electron chi connectivity index (χ0n) is 21.8. The summed E-state index contributed by atoms with van der Waals surface area (Å²) >= 11 is 0. The molecule has 2 N–H and O–H groups in total. The number of rotatable bonds is 5. The molecule has 5 aromatic rings. The van der Waals surface area contributed by atoms with Crippen LogP contribution in [-0.2, 0) is 13.1 Å². The highest BCUT2D eigenvalue weighted by molar-refractivity contribution is 6.14. The van der Waals surface area contributed by atoms with Gasteiger partial charge in [0.1, 0.15) is 11.5 Å². The predicted molar refractivity (Wildman–Crippen MR) is 153 cm³/mol. The maximum Gasteiger partial charge on any atom is 0.159 e. The van der Waals surface area contributed by atoms with Gasteiger partial charge in [-0.1, -0.05) is 42.0 Å². The van der Waals surface area contributed by atoms with Crippen molar-refractivity contribution in [3.8, 4) is 22.3 Å². The molecule has 1 fully saturated rings. The lowest BCUT2D eigenvalue weighted by Gasteiger charge is -2.19. The fourth-order valence-electron chi connectivity index (χ4n) is 5.78. The first-order valence-electron chi connectivity index (χ1n) is 13.5. The van der Waals surface area contributed by atoms with E-state index in [-0.39, 0.29) is 5.82 Å². The van der Waals surface area contributed by atoms with Crippen molar-refractivity contribution in [3.63, 3.8) is 0 Å². The summed E-state index contributed by atoms with van der Waals surface area (Å²) in [7, 11) is 0. The van der Waals surface area contributed by atoms with Crippen molar-refractivity contribution >= 4 is 16.7 Å². The second kappa shape index (κ2) is 9.75. The molecule has 4 heterocycles. The van der Waals surface area contributed by atoms with Gasteiger partial charge in [-0.05, 0) is 84.9 Å². The summed E-state index contributed by atoms with van der Waals surface area (Å²) in [5, 5.41) is 4.68. The van der Waals surface area contributed by atoms with Crippen LogP contribution in [-0.4, -0.2) is 38.7 Å². The number of fused-ring (bicyclic) bond motifs is 2. The first-order chi connectivity index (χ1) is 19.1. The first kappa shape index (κ1) is 23.7. The quantitative estimate of drug-likeness (QED) is 0.292. The van der Waals surface area contributed by atoms with Crippen LogP contribution in [0.2, 0.25) is 0 Å². The number of aryl methyl sites for hydroxylation is 1. The van der Waals surface area contributed by atoms with Gasteiger partial charge in [0.2, 0.25) is 0 Å². The number of hydrogen-bond donors (Lipinski definition) is 2. The average Bonchev–Trinajstić information content (AvgIpc) is 3.62. The molecule has 0 saturated carbocycles. The lowest BCUT2D eigenvalue weighted by Crippen LogP contribution is -2.22. The van der Waals surface area contributed by atoms with Crippen LogP contribution < -0.4 is 5.43 Å².